The van der Waals surface area contributed by atoms with Gasteiger partial charge in [0.25, 0.3) is 0 Å². The standard InChI is InChI=1S/C10H13ClN2O/c1-6-8(11)4-3-5-9(6)13-10(14)7(2)12/h3-5,7H,12H2,1-2H3,(H,13,14)/t7-/m1/s1. The first-order valence-corrected chi connectivity index (χ1v) is 4.71. The number of rotatable bonds is 2. The van der Waals surface area contributed by atoms with Gasteiger partial charge in [0.1, 0.15) is 0 Å². The van der Waals surface area contributed by atoms with E-state index in [-0.39, 0.29) is 5.91 Å². The van der Waals surface area contributed by atoms with Crippen LogP contribution in [0.4, 0.5) is 5.69 Å². The van der Waals surface area contributed by atoms with Crippen LogP contribution in [0.15, 0.2) is 18.2 Å². The molecular weight excluding hydrogens is 200 g/mol. The minimum absolute atomic E-state index is 0.213. The van der Waals surface area contributed by atoms with Crippen LogP contribution in [0.1, 0.15) is 12.5 Å². The molecule has 1 amide bonds. The number of halogens is 1. The molecule has 3 nitrogen and oxygen atoms in total. The molecule has 1 aromatic rings. The lowest BCUT2D eigenvalue weighted by atomic mass is 10.2. The largest absolute Gasteiger partial charge is 0.324 e. The van der Waals surface area contributed by atoms with E-state index >= 15 is 0 Å². The van der Waals surface area contributed by atoms with E-state index in [9.17, 15) is 4.79 Å². The van der Waals surface area contributed by atoms with Crippen molar-refractivity contribution < 1.29 is 4.79 Å². The zero-order chi connectivity index (χ0) is 10.7. The lowest BCUT2D eigenvalue weighted by Crippen LogP contribution is -2.32. The quantitative estimate of drug-likeness (QED) is 0.787. The predicted molar refractivity (Wildman–Crippen MR) is 58.5 cm³/mol. The van der Waals surface area contributed by atoms with E-state index in [0.717, 1.165) is 5.56 Å². The monoisotopic (exact) mass is 212 g/mol. The molecule has 0 aliphatic carbocycles. The summed E-state index contributed by atoms with van der Waals surface area (Å²) >= 11 is 5.89. The van der Waals surface area contributed by atoms with Gasteiger partial charge in [0.15, 0.2) is 0 Å². The van der Waals surface area contributed by atoms with E-state index in [1.807, 2.05) is 6.92 Å². The van der Waals surface area contributed by atoms with Crippen molar-refractivity contribution in [1.82, 2.24) is 0 Å². The highest BCUT2D eigenvalue weighted by Crippen LogP contribution is 2.22. The molecule has 0 unspecified atom stereocenters. The van der Waals surface area contributed by atoms with Gasteiger partial charge in [-0.1, -0.05) is 17.7 Å². The van der Waals surface area contributed by atoms with E-state index < -0.39 is 6.04 Å². The van der Waals surface area contributed by atoms with E-state index in [0.29, 0.717) is 10.7 Å². The van der Waals surface area contributed by atoms with Crippen LogP contribution in [0.2, 0.25) is 5.02 Å². The second-order valence-corrected chi connectivity index (χ2v) is 3.60. The van der Waals surface area contributed by atoms with Crippen LogP contribution in [-0.4, -0.2) is 11.9 Å². The highest BCUT2D eigenvalue weighted by atomic mass is 35.5. The summed E-state index contributed by atoms with van der Waals surface area (Å²) in [6.45, 7) is 3.48. The summed E-state index contributed by atoms with van der Waals surface area (Å²) < 4.78 is 0. The Bertz CT molecular complexity index is 350. The third-order valence-corrected chi connectivity index (χ3v) is 2.35. The van der Waals surface area contributed by atoms with Crippen molar-refractivity contribution in [1.29, 1.82) is 0 Å². The summed E-state index contributed by atoms with van der Waals surface area (Å²) in [6, 6.07) is 4.83. The van der Waals surface area contributed by atoms with Crippen LogP contribution < -0.4 is 11.1 Å². The SMILES string of the molecule is Cc1c(Cl)cccc1NC(=O)[C@@H](C)N. The molecule has 0 bridgehead atoms. The van der Waals surface area contributed by atoms with Crippen LogP contribution in [0.3, 0.4) is 0 Å². The van der Waals surface area contributed by atoms with Crippen molar-refractivity contribution in [2.45, 2.75) is 19.9 Å². The van der Waals surface area contributed by atoms with E-state index in [1.54, 1.807) is 25.1 Å². The molecule has 0 spiro atoms. The summed E-state index contributed by atoms with van der Waals surface area (Å²) in [6.07, 6.45) is 0. The third-order valence-electron chi connectivity index (χ3n) is 1.94. The molecule has 0 aliphatic rings. The van der Waals surface area contributed by atoms with Crippen molar-refractivity contribution in [3.63, 3.8) is 0 Å². The van der Waals surface area contributed by atoms with Crippen LogP contribution in [0.5, 0.6) is 0 Å². The Hall–Kier alpha value is -1.06. The highest BCUT2D eigenvalue weighted by molar-refractivity contribution is 6.31. The lowest BCUT2D eigenvalue weighted by Gasteiger charge is -2.10. The van der Waals surface area contributed by atoms with Gasteiger partial charge in [0.05, 0.1) is 6.04 Å². The average molecular weight is 213 g/mol. The van der Waals surface area contributed by atoms with Crippen molar-refractivity contribution in [2.75, 3.05) is 5.32 Å². The van der Waals surface area contributed by atoms with Crippen LogP contribution in [0, 0.1) is 6.92 Å². The molecule has 14 heavy (non-hydrogen) atoms. The second kappa shape index (κ2) is 4.44. The molecule has 76 valence electrons. The van der Waals surface area contributed by atoms with Crippen molar-refractivity contribution in [3.8, 4) is 0 Å². The molecule has 0 saturated carbocycles. The number of carbonyl (C=O) groups excluding carboxylic acids is 1. The smallest absolute Gasteiger partial charge is 0.241 e. The van der Waals surface area contributed by atoms with Crippen molar-refractivity contribution in [3.05, 3.63) is 28.8 Å². The van der Waals surface area contributed by atoms with Crippen LogP contribution >= 0.6 is 11.6 Å². The maximum absolute atomic E-state index is 11.3. The summed E-state index contributed by atoms with van der Waals surface area (Å²) in [5, 5.41) is 3.33. The number of nitrogens with two attached hydrogens (primary N) is 1. The fourth-order valence-electron chi connectivity index (χ4n) is 0.989. The molecular formula is C10H13ClN2O. The number of hydrogen-bond donors (Lipinski definition) is 2. The Morgan fingerprint density at radius 1 is 1.57 bits per heavy atom. The number of carbonyl (C=O) groups is 1. The van der Waals surface area contributed by atoms with Crippen molar-refractivity contribution in [2.24, 2.45) is 5.73 Å². The molecule has 0 saturated heterocycles. The van der Waals surface area contributed by atoms with Crippen LogP contribution in [0.25, 0.3) is 0 Å². The lowest BCUT2D eigenvalue weighted by molar-refractivity contribution is -0.117. The molecule has 0 fully saturated rings. The summed E-state index contributed by atoms with van der Waals surface area (Å²) in [4.78, 5) is 11.3. The Morgan fingerprint density at radius 2 is 2.21 bits per heavy atom. The van der Waals surface area contributed by atoms with Gasteiger partial charge in [0.2, 0.25) is 5.91 Å². The maximum Gasteiger partial charge on any atom is 0.241 e. The van der Waals surface area contributed by atoms with Crippen LogP contribution in [-0.2, 0) is 4.79 Å². The number of hydrogen-bond acceptors (Lipinski definition) is 2. The summed E-state index contributed by atoms with van der Waals surface area (Å²) in [5.74, 6) is -0.213. The molecule has 0 aromatic heterocycles. The first-order chi connectivity index (χ1) is 6.52. The number of nitrogens with one attached hydrogen (secondary N) is 1. The zero-order valence-corrected chi connectivity index (χ0v) is 8.93. The van der Waals surface area contributed by atoms with E-state index in [4.69, 9.17) is 17.3 Å². The van der Waals surface area contributed by atoms with Gasteiger partial charge in [0, 0.05) is 10.7 Å². The van der Waals surface area contributed by atoms with Gasteiger partial charge in [-0.3, -0.25) is 4.79 Å². The Labute approximate surface area is 88.2 Å². The molecule has 1 rings (SSSR count). The summed E-state index contributed by atoms with van der Waals surface area (Å²) in [7, 11) is 0. The van der Waals surface area contributed by atoms with E-state index in [1.165, 1.54) is 0 Å². The first kappa shape index (κ1) is 11.0. The first-order valence-electron chi connectivity index (χ1n) is 4.34. The van der Waals surface area contributed by atoms with Gasteiger partial charge >= 0.3 is 0 Å². The fourth-order valence-corrected chi connectivity index (χ4v) is 1.16. The fraction of sp³-hybridized carbons (Fsp3) is 0.300. The molecule has 1 aromatic carbocycles. The molecule has 4 heteroatoms. The number of amides is 1. The Balaban J connectivity index is 2.87. The van der Waals surface area contributed by atoms with Gasteiger partial charge in [-0.15, -0.1) is 0 Å². The normalized spacial score (nSPS) is 12.3. The Morgan fingerprint density at radius 3 is 2.79 bits per heavy atom. The molecule has 3 N–H and O–H groups in total. The molecule has 0 heterocycles. The topological polar surface area (TPSA) is 55.1 Å². The third kappa shape index (κ3) is 2.47. The highest BCUT2D eigenvalue weighted by Gasteiger charge is 2.09. The van der Waals surface area contributed by atoms with Gasteiger partial charge in [-0.25, -0.2) is 0 Å². The number of anilines is 1. The zero-order valence-electron chi connectivity index (χ0n) is 8.17. The maximum atomic E-state index is 11.3. The minimum Gasteiger partial charge on any atom is -0.324 e. The number of benzene rings is 1. The minimum atomic E-state index is -0.520. The molecule has 0 radical (unpaired) electrons. The Kier molecular flexibility index (Phi) is 3.49. The molecule has 0 aliphatic heterocycles. The predicted octanol–water partition coefficient (Wildman–Crippen LogP) is 1.93. The summed E-state index contributed by atoms with van der Waals surface area (Å²) in [5.41, 5.74) is 6.99. The second-order valence-electron chi connectivity index (χ2n) is 3.19. The molecule has 1 atom stereocenters. The van der Waals surface area contributed by atoms with Gasteiger partial charge in [-0.2, -0.15) is 0 Å². The average Bonchev–Trinajstić information content (AvgIpc) is 2.12. The van der Waals surface area contributed by atoms with Gasteiger partial charge in [-0.05, 0) is 31.5 Å². The van der Waals surface area contributed by atoms with Gasteiger partial charge < -0.3 is 11.1 Å². The van der Waals surface area contributed by atoms with E-state index in [2.05, 4.69) is 5.32 Å². The van der Waals surface area contributed by atoms with Crippen molar-refractivity contribution >= 4 is 23.2 Å².